The molecule has 3 rings (SSSR count). The van der Waals surface area contributed by atoms with Gasteiger partial charge in [-0.2, -0.15) is 0 Å². The van der Waals surface area contributed by atoms with Gasteiger partial charge >= 0.3 is 6.09 Å². The third-order valence-corrected chi connectivity index (χ3v) is 4.58. The van der Waals surface area contributed by atoms with Crippen LogP contribution in [0.3, 0.4) is 0 Å². The van der Waals surface area contributed by atoms with Gasteiger partial charge in [0.1, 0.15) is 17.0 Å². The third-order valence-electron chi connectivity index (χ3n) is 4.58. The van der Waals surface area contributed by atoms with Crippen molar-refractivity contribution in [1.29, 1.82) is 0 Å². The van der Waals surface area contributed by atoms with Gasteiger partial charge in [0.25, 0.3) is 0 Å². The second-order valence-electron chi connectivity index (χ2n) is 6.44. The lowest BCUT2D eigenvalue weighted by Crippen LogP contribution is -2.60. The van der Waals surface area contributed by atoms with E-state index in [0.29, 0.717) is 35.9 Å². The van der Waals surface area contributed by atoms with Gasteiger partial charge in [-0.05, 0) is 43.9 Å². The number of carboxylic acid groups (broad SMARTS) is 1. The highest BCUT2D eigenvalue weighted by Crippen LogP contribution is 2.33. The smallest absolute Gasteiger partial charge is 0.405 e. The lowest BCUT2D eigenvalue weighted by molar-refractivity contribution is -0.125. The van der Waals surface area contributed by atoms with E-state index in [1.54, 1.807) is 25.3 Å². The molecule has 1 aliphatic carbocycles. The summed E-state index contributed by atoms with van der Waals surface area (Å²) in [5.41, 5.74) is 0.405. The van der Waals surface area contributed by atoms with Gasteiger partial charge in [-0.15, -0.1) is 0 Å². The number of aromatic nitrogens is 1. The highest BCUT2D eigenvalue weighted by Gasteiger charge is 2.45. The number of hydrogen-bond acceptors (Lipinski definition) is 5. The SMILES string of the molecule is COc1cc(Oc2ccc(NC(=O)C3(NC(=O)O)CCC3)cn2)ccc1C. The molecule has 0 bridgehead atoms. The number of nitrogens with one attached hydrogen (secondary N) is 2. The van der Waals surface area contributed by atoms with Gasteiger partial charge in [0.2, 0.25) is 11.8 Å². The minimum Gasteiger partial charge on any atom is -0.496 e. The number of methoxy groups -OCH3 is 1. The van der Waals surface area contributed by atoms with Gasteiger partial charge in [0.05, 0.1) is 19.0 Å². The summed E-state index contributed by atoms with van der Waals surface area (Å²) in [6, 6.07) is 8.74. The maximum atomic E-state index is 12.4. The molecule has 0 spiro atoms. The van der Waals surface area contributed by atoms with Crippen LogP contribution in [0.2, 0.25) is 0 Å². The second kappa shape index (κ2) is 7.53. The standard InChI is InChI=1S/C19H21N3O5/c1-12-4-6-14(10-15(12)26-2)27-16-7-5-13(11-20-16)21-17(23)19(8-3-9-19)22-18(24)25/h4-7,10-11,22H,3,8-9H2,1-2H3,(H,21,23)(H,24,25). The zero-order chi connectivity index (χ0) is 19.4. The number of rotatable bonds is 6. The molecule has 8 nitrogen and oxygen atoms in total. The lowest BCUT2D eigenvalue weighted by Gasteiger charge is -2.39. The van der Waals surface area contributed by atoms with Crippen LogP contribution in [0.5, 0.6) is 17.4 Å². The predicted molar refractivity (Wildman–Crippen MR) is 98.4 cm³/mol. The van der Waals surface area contributed by atoms with Crippen LogP contribution in [-0.2, 0) is 4.79 Å². The van der Waals surface area contributed by atoms with Crippen molar-refractivity contribution >= 4 is 17.7 Å². The third kappa shape index (κ3) is 4.11. The van der Waals surface area contributed by atoms with E-state index < -0.39 is 11.6 Å². The van der Waals surface area contributed by atoms with Crippen molar-refractivity contribution in [2.24, 2.45) is 0 Å². The summed E-state index contributed by atoms with van der Waals surface area (Å²) in [5.74, 6) is 1.28. The number of hydrogen-bond donors (Lipinski definition) is 3. The van der Waals surface area contributed by atoms with Crippen molar-refractivity contribution in [3.05, 3.63) is 42.1 Å². The van der Waals surface area contributed by atoms with Gasteiger partial charge in [-0.3, -0.25) is 4.79 Å². The van der Waals surface area contributed by atoms with Crippen LogP contribution >= 0.6 is 0 Å². The normalized spacial score (nSPS) is 14.6. The quantitative estimate of drug-likeness (QED) is 0.718. The van der Waals surface area contributed by atoms with Gasteiger partial charge in [0.15, 0.2) is 0 Å². The molecule has 8 heteroatoms. The summed E-state index contributed by atoms with van der Waals surface area (Å²) in [5, 5.41) is 14.0. The summed E-state index contributed by atoms with van der Waals surface area (Å²) in [4.78, 5) is 27.5. The Morgan fingerprint density at radius 2 is 2.00 bits per heavy atom. The Morgan fingerprint density at radius 3 is 2.56 bits per heavy atom. The van der Waals surface area contributed by atoms with E-state index in [-0.39, 0.29) is 5.91 Å². The summed E-state index contributed by atoms with van der Waals surface area (Å²) in [7, 11) is 1.59. The summed E-state index contributed by atoms with van der Waals surface area (Å²) < 4.78 is 11.0. The van der Waals surface area contributed by atoms with Crippen LogP contribution in [0.25, 0.3) is 0 Å². The molecule has 27 heavy (non-hydrogen) atoms. The molecule has 3 N–H and O–H groups in total. The molecule has 0 saturated heterocycles. The molecule has 1 aromatic carbocycles. The first-order valence-electron chi connectivity index (χ1n) is 8.53. The van der Waals surface area contributed by atoms with Crippen LogP contribution in [0.1, 0.15) is 24.8 Å². The Morgan fingerprint density at radius 1 is 1.22 bits per heavy atom. The molecular formula is C19H21N3O5. The zero-order valence-corrected chi connectivity index (χ0v) is 15.1. The van der Waals surface area contributed by atoms with Crippen LogP contribution in [0, 0.1) is 6.92 Å². The fourth-order valence-electron chi connectivity index (χ4n) is 2.89. The first kappa shape index (κ1) is 18.5. The molecule has 1 fully saturated rings. The number of nitrogens with zero attached hydrogens (tertiary/aromatic N) is 1. The van der Waals surface area contributed by atoms with Crippen molar-refractivity contribution in [1.82, 2.24) is 10.3 Å². The van der Waals surface area contributed by atoms with E-state index in [1.165, 1.54) is 6.20 Å². The van der Waals surface area contributed by atoms with E-state index in [2.05, 4.69) is 15.6 Å². The van der Waals surface area contributed by atoms with E-state index in [0.717, 1.165) is 12.0 Å². The van der Waals surface area contributed by atoms with Crippen molar-refractivity contribution in [3.63, 3.8) is 0 Å². The number of ether oxygens (including phenoxy) is 2. The Bertz CT molecular complexity index is 847. The Hall–Kier alpha value is -3.29. The molecule has 0 unspecified atom stereocenters. The molecule has 142 valence electrons. The average Bonchev–Trinajstić information content (AvgIpc) is 2.61. The van der Waals surface area contributed by atoms with Crippen LogP contribution in [0.15, 0.2) is 36.5 Å². The van der Waals surface area contributed by atoms with Gasteiger partial charge in [-0.1, -0.05) is 6.07 Å². The van der Waals surface area contributed by atoms with Crippen LogP contribution in [-0.4, -0.2) is 34.7 Å². The number of pyridine rings is 1. The highest BCUT2D eigenvalue weighted by atomic mass is 16.5. The number of amides is 2. The molecule has 1 aliphatic rings. The van der Waals surface area contributed by atoms with Crippen molar-refractivity contribution in [2.45, 2.75) is 31.7 Å². The minimum atomic E-state index is -1.21. The highest BCUT2D eigenvalue weighted by molar-refractivity contribution is 6.00. The van der Waals surface area contributed by atoms with E-state index in [1.807, 2.05) is 19.1 Å². The molecule has 2 aromatic rings. The van der Waals surface area contributed by atoms with Crippen molar-refractivity contribution in [3.8, 4) is 17.4 Å². The van der Waals surface area contributed by atoms with Gasteiger partial charge in [0, 0.05) is 12.1 Å². The number of anilines is 1. The van der Waals surface area contributed by atoms with E-state index in [4.69, 9.17) is 14.6 Å². The number of aryl methyl sites for hydroxylation is 1. The maximum Gasteiger partial charge on any atom is 0.405 e. The van der Waals surface area contributed by atoms with E-state index in [9.17, 15) is 9.59 Å². The Labute approximate surface area is 156 Å². The molecule has 0 atom stereocenters. The number of benzene rings is 1. The second-order valence-corrected chi connectivity index (χ2v) is 6.44. The van der Waals surface area contributed by atoms with Gasteiger partial charge in [-0.25, -0.2) is 9.78 Å². The van der Waals surface area contributed by atoms with E-state index >= 15 is 0 Å². The topological polar surface area (TPSA) is 110 Å². The maximum absolute atomic E-state index is 12.4. The lowest BCUT2D eigenvalue weighted by atomic mass is 9.76. The van der Waals surface area contributed by atoms with Gasteiger partial charge < -0.3 is 25.2 Å². The average molecular weight is 371 g/mol. The largest absolute Gasteiger partial charge is 0.496 e. The minimum absolute atomic E-state index is 0.362. The molecule has 1 saturated carbocycles. The van der Waals surface area contributed by atoms with Crippen molar-refractivity contribution < 1.29 is 24.2 Å². The number of carbonyl (C=O) groups is 2. The number of carbonyl (C=O) groups excluding carboxylic acids is 1. The first-order chi connectivity index (χ1) is 12.9. The molecule has 1 aromatic heterocycles. The first-order valence-corrected chi connectivity index (χ1v) is 8.53. The molecular weight excluding hydrogens is 350 g/mol. The Balaban J connectivity index is 1.65. The molecule has 2 amide bonds. The van der Waals surface area contributed by atoms with Crippen molar-refractivity contribution in [2.75, 3.05) is 12.4 Å². The molecule has 0 aliphatic heterocycles. The zero-order valence-electron chi connectivity index (χ0n) is 15.1. The monoisotopic (exact) mass is 371 g/mol. The van der Waals surface area contributed by atoms with Crippen LogP contribution < -0.4 is 20.1 Å². The summed E-state index contributed by atoms with van der Waals surface area (Å²) in [6.07, 6.45) is 2.02. The Kier molecular flexibility index (Phi) is 5.16. The van der Waals surface area contributed by atoms with Crippen LogP contribution in [0.4, 0.5) is 10.5 Å². The summed E-state index contributed by atoms with van der Waals surface area (Å²) >= 11 is 0. The fourth-order valence-corrected chi connectivity index (χ4v) is 2.89. The summed E-state index contributed by atoms with van der Waals surface area (Å²) in [6.45, 7) is 1.94. The molecule has 1 heterocycles. The molecule has 0 radical (unpaired) electrons. The fraction of sp³-hybridized carbons (Fsp3) is 0.316. The predicted octanol–water partition coefficient (Wildman–Crippen LogP) is 3.32.